The highest BCUT2D eigenvalue weighted by atomic mass is 28.3. The maximum absolute atomic E-state index is 7.34. The van der Waals surface area contributed by atoms with Gasteiger partial charge in [-0.1, -0.05) is 57.5 Å². The van der Waals surface area contributed by atoms with E-state index in [1.54, 1.807) is 0 Å². The van der Waals surface area contributed by atoms with Gasteiger partial charge in [0.25, 0.3) is 0 Å². The van der Waals surface area contributed by atoms with Gasteiger partial charge >= 0.3 is 0 Å². The van der Waals surface area contributed by atoms with Crippen LogP contribution in [0.5, 0.6) is 0 Å². The minimum absolute atomic E-state index is 0.343. The first kappa shape index (κ1) is 33.3. The Morgan fingerprint density at radius 3 is 2.22 bits per heavy atom. The van der Waals surface area contributed by atoms with E-state index >= 15 is 0 Å². The van der Waals surface area contributed by atoms with Crippen molar-refractivity contribution in [1.82, 2.24) is 19.6 Å². The first-order valence-electron chi connectivity index (χ1n) is 16.5. The van der Waals surface area contributed by atoms with E-state index in [9.17, 15) is 0 Å². The molecule has 0 spiro atoms. The summed E-state index contributed by atoms with van der Waals surface area (Å²) < 4.78 is 14.6. The van der Waals surface area contributed by atoms with Gasteiger partial charge in [0.05, 0.1) is 11.7 Å². The lowest BCUT2D eigenvalue weighted by molar-refractivity contribution is 0.0942. The largest absolute Gasteiger partial charge is 0.361 e. The van der Waals surface area contributed by atoms with Gasteiger partial charge in [0.15, 0.2) is 5.65 Å². The van der Waals surface area contributed by atoms with Gasteiger partial charge in [0, 0.05) is 75.7 Å². The summed E-state index contributed by atoms with van der Waals surface area (Å²) in [4.78, 5) is 15.9. The summed E-state index contributed by atoms with van der Waals surface area (Å²) in [6, 6.07) is 14.8. The quantitative estimate of drug-likeness (QED) is 0.0594. The number of para-hydroxylation sites is 1. The minimum Gasteiger partial charge on any atom is -0.361 e. The number of fused-ring (bicyclic) bond motifs is 2. The summed E-state index contributed by atoms with van der Waals surface area (Å²) in [5, 5.41) is 6.00. The molecule has 0 aliphatic heterocycles. The molecule has 0 saturated heterocycles. The van der Waals surface area contributed by atoms with E-state index in [4.69, 9.17) is 31.1 Å². The van der Waals surface area contributed by atoms with E-state index in [1.165, 1.54) is 0 Å². The summed E-state index contributed by atoms with van der Waals surface area (Å²) in [6.07, 6.45) is 8.08. The van der Waals surface area contributed by atoms with Crippen LogP contribution in [-0.4, -0.2) is 68.9 Å². The van der Waals surface area contributed by atoms with Crippen molar-refractivity contribution in [3.05, 3.63) is 65.9 Å². The smallest absolute Gasteiger partial charge is 0.217 e. The summed E-state index contributed by atoms with van der Waals surface area (Å²) in [5.74, 6) is 1.78. The number of anilines is 1. The zero-order chi connectivity index (χ0) is 32.0. The SMILES string of the molecule is [C-]#[N+]CC1CCC(c2cc(N(COCC[Si](C)(C)C)COCC[Si](C)(C)C)n3ncc(-c4cnc5ccccc5c4)c3n2)CC1. The number of hydrogen-bond donors (Lipinski definition) is 0. The molecule has 0 amide bonds. The van der Waals surface area contributed by atoms with Crippen LogP contribution >= 0.6 is 0 Å². The molecule has 1 aliphatic rings. The van der Waals surface area contributed by atoms with Gasteiger partial charge in [-0.05, 0) is 49.9 Å². The molecule has 5 rings (SSSR count). The summed E-state index contributed by atoms with van der Waals surface area (Å²) in [6.45, 7) is 24.6. The van der Waals surface area contributed by atoms with Crippen LogP contribution in [0.15, 0.2) is 48.8 Å². The van der Waals surface area contributed by atoms with Crippen molar-refractivity contribution in [2.75, 3.05) is 38.1 Å². The second kappa shape index (κ2) is 14.5. The summed E-state index contributed by atoms with van der Waals surface area (Å²) in [7, 11) is -2.45. The van der Waals surface area contributed by atoms with Gasteiger partial charge in [0.2, 0.25) is 6.54 Å². The first-order chi connectivity index (χ1) is 21.5. The molecule has 0 N–H and O–H groups in total. The van der Waals surface area contributed by atoms with E-state index in [1.807, 2.05) is 35.1 Å². The van der Waals surface area contributed by atoms with Crippen molar-refractivity contribution in [1.29, 1.82) is 0 Å². The van der Waals surface area contributed by atoms with E-state index in [-0.39, 0.29) is 0 Å². The molecule has 10 heteroatoms. The Hall–Kier alpha value is -3.11. The van der Waals surface area contributed by atoms with Crippen LogP contribution in [0, 0.1) is 12.5 Å². The number of aromatic nitrogens is 4. The molecule has 1 aromatic carbocycles. The number of pyridine rings is 1. The Kier molecular flexibility index (Phi) is 10.8. The zero-order valence-corrected chi connectivity index (χ0v) is 30.1. The van der Waals surface area contributed by atoms with Crippen molar-refractivity contribution < 1.29 is 9.47 Å². The third kappa shape index (κ3) is 9.00. The highest BCUT2D eigenvalue weighted by Crippen LogP contribution is 2.38. The second-order valence-corrected chi connectivity index (χ2v) is 26.3. The molecule has 0 bridgehead atoms. The lowest BCUT2D eigenvalue weighted by atomic mass is 9.80. The molecule has 1 saturated carbocycles. The maximum Gasteiger partial charge on any atom is 0.217 e. The Labute approximate surface area is 271 Å². The van der Waals surface area contributed by atoms with Crippen LogP contribution in [0.25, 0.3) is 32.5 Å². The molecule has 3 heterocycles. The Bertz CT molecular complexity index is 1590. The van der Waals surface area contributed by atoms with Gasteiger partial charge < -0.3 is 19.2 Å². The molecule has 0 radical (unpaired) electrons. The maximum atomic E-state index is 7.34. The molecular weight excluding hydrogens is 593 g/mol. The van der Waals surface area contributed by atoms with Gasteiger partial charge in [-0.2, -0.15) is 9.61 Å². The molecule has 4 aromatic rings. The fraction of sp³-hybridized carbons (Fsp3) is 0.543. The van der Waals surface area contributed by atoms with Crippen LogP contribution in [0.4, 0.5) is 5.82 Å². The molecule has 45 heavy (non-hydrogen) atoms. The predicted molar refractivity (Wildman–Crippen MR) is 190 cm³/mol. The second-order valence-electron chi connectivity index (χ2n) is 15.0. The van der Waals surface area contributed by atoms with Crippen LogP contribution in [0.3, 0.4) is 0 Å². The zero-order valence-electron chi connectivity index (χ0n) is 28.1. The van der Waals surface area contributed by atoms with Crippen molar-refractivity contribution in [2.24, 2.45) is 5.92 Å². The number of rotatable bonds is 14. The van der Waals surface area contributed by atoms with Gasteiger partial charge in [-0.25, -0.2) is 11.6 Å². The summed E-state index contributed by atoms with van der Waals surface area (Å²) in [5.41, 5.74) is 4.86. The van der Waals surface area contributed by atoms with Crippen LogP contribution < -0.4 is 4.90 Å². The Morgan fingerprint density at radius 2 is 1.58 bits per heavy atom. The standard InChI is InChI=1S/C35H50N6O2Si2/c1-36-22-27-12-14-28(15-13-27)33-21-34(40(25-42-16-18-44(2,3)4)26-43-17-19-45(5,6)7)41-35(39-33)31(24-38-41)30-20-29-10-8-9-11-32(29)37-23-30/h8-11,20-21,23-24,27-28H,12-19,22,25-26H2,2-7H3. The van der Waals surface area contributed by atoms with Gasteiger partial charge in [-0.3, -0.25) is 4.98 Å². The van der Waals surface area contributed by atoms with Crippen LogP contribution in [0.2, 0.25) is 51.4 Å². The Morgan fingerprint density at radius 1 is 0.911 bits per heavy atom. The fourth-order valence-corrected chi connectivity index (χ4v) is 7.38. The molecule has 1 fully saturated rings. The van der Waals surface area contributed by atoms with Crippen molar-refractivity contribution in [3.8, 4) is 11.1 Å². The molecule has 1 aliphatic carbocycles. The van der Waals surface area contributed by atoms with Crippen LogP contribution in [0.1, 0.15) is 37.3 Å². The molecular formula is C35H50N6O2Si2. The van der Waals surface area contributed by atoms with Crippen molar-refractivity contribution in [2.45, 2.75) is 83.0 Å². The van der Waals surface area contributed by atoms with Crippen molar-refractivity contribution in [3.63, 3.8) is 0 Å². The van der Waals surface area contributed by atoms with E-state index < -0.39 is 16.1 Å². The number of ether oxygens (including phenoxy) is 2. The molecule has 0 unspecified atom stereocenters. The minimum atomic E-state index is -1.22. The Balaban J connectivity index is 1.52. The topological polar surface area (TPSA) is 69.1 Å². The fourth-order valence-electron chi connectivity index (χ4n) is 5.87. The third-order valence-electron chi connectivity index (χ3n) is 8.80. The first-order valence-corrected chi connectivity index (χ1v) is 23.9. The van der Waals surface area contributed by atoms with Crippen LogP contribution in [-0.2, 0) is 9.47 Å². The highest BCUT2D eigenvalue weighted by Gasteiger charge is 2.28. The van der Waals surface area contributed by atoms with Gasteiger partial charge in [-0.15, -0.1) is 0 Å². The van der Waals surface area contributed by atoms with E-state index in [0.29, 0.717) is 31.8 Å². The average molecular weight is 643 g/mol. The highest BCUT2D eigenvalue weighted by molar-refractivity contribution is 6.76. The number of hydrogen-bond acceptors (Lipinski definition) is 6. The summed E-state index contributed by atoms with van der Waals surface area (Å²) >= 11 is 0. The van der Waals surface area contributed by atoms with Crippen molar-refractivity contribution >= 4 is 38.5 Å². The average Bonchev–Trinajstić information content (AvgIpc) is 3.43. The molecule has 240 valence electrons. The number of nitrogens with zero attached hydrogens (tertiary/aromatic N) is 6. The molecule has 0 atom stereocenters. The number of benzene rings is 1. The monoisotopic (exact) mass is 642 g/mol. The third-order valence-corrected chi connectivity index (χ3v) is 12.2. The lowest BCUT2D eigenvalue weighted by Crippen LogP contribution is -2.33. The molecule has 3 aromatic heterocycles. The van der Waals surface area contributed by atoms with E-state index in [0.717, 1.165) is 90.2 Å². The van der Waals surface area contributed by atoms with E-state index in [2.05, 4.69) is 67.2 Å². The normalized spacial score (nSPS) is 17.5. The molecule has 8 nitrogen and oxygen atoms in total. The lowest BCUT2D eigenvalue weighted by Gasteiger charge is -2.29. The predicted octanol–water partition coefficient (Wildman–Crippen LogP) is 8.57. The van der Waals surface area contributed by atoms with Gasteiger partial charge in [0.1, 0.15) is 19.3 Å².